The van der Waals surface area contributed by atoms with Gasteiger partial charge in [-0.05, 0) is 18.6 Å². The van der Waals surface area contributed by atoms with Crippen molar-refractivity contribution in [1.29, 1.82) is 0 Å². The largest absolute Gasteiger partial charge is 0.356 e. The Hall–Kier alpha value is -2.14. The maximum atomic E-state index is 12.8. The van der Waals surface area contributed by atoms with Crippen molar-refractivity contribution in [1.82, 2.24) is 14.9 Å². The van der Waals surface area contributed by atoms with E-state index in [1.54, 1.807) is 6.33 Å². The van der Waals surface area contributed by atoms with Crippen molar-refractivity contribution >= 4 is 5.91 Å². The van der Waals surface area contributed by atoms with Crippen LogP contribution < -0.4 is 0 Å². The van der Waals surface area contributed by atoms with E-state index in [4.69, 9.17) is 4.74 Å². The maximum Gasteiger partial charge on any atom is 0.256 e. The molecule has 3 rings (SSSR count). The molecule has 1 aromatic heterocycles. The van der Waals surface area contributed by atoms with Crippen LogP contribution in [-0.2, 0) is 11.2 Å². The van der Waals surface area contributed by atoms with E-state index in [-0.39, 0.29) is 18.2 Å². The smallest absolute Gasteiger partial charge is 0.256 e. The second-order valence-corrected chi connectivity index (χ2v) is 5.19. The number of carbonyl (C=O) groups excluding carboxylic acids is 1. The van der Waals surface area contributed by atoms with Gasteiger partial charge in [-0.2, -0.15) is 0 Å². The summed E-state index contributed by atoms with van der Waals surface area (Å²) in [5, 5.41) is 0. The van der Waals surface area contributed by atoms with Crippen LogP contribution in [0, 0.1) is 0 Å². The SMILES string of the molecule is CC[C@@H]1OC[C@H](Cc2c[nH]cn2)N1C(=O)c1ccccc1. The van der Waals surface area contributed by atoms with Crippen LogP contribution in [0.3, 0.4) is 0 Å². The number of nitrogens with zero attached hydrogens (tertiary/aromatic N) is 2. The molecule has 2 atom stereocenters. The van der Waals surface area contributed by atoms with E-state index in [0.29, 0.717) is 18.6 Å². The van der Waals surface area contributed by atoms with Gasteiger partial charge < -0.3 is 14.6 Å². The number of benzene rings is 1. The van der Waals surface area contributed by atoms with Gasteiger partial charge in [0.2, 0.25) is 0 Å². The molecule has 21 heavy (non-hydrogen) atoms. The summed E-state index contributed by atoms with van der Waals surface area (Å²) < 4.78 is 5.79. The number of amides is 1. The van der Waals surface area contributed by atoms with E-state index in [1.807, 2.05) is 48.4 Å². The van der Waals surface area contributed by atoms with Gasteiger partial charge in [0.05, 0.1) is 24.7 Å². The van der Waals surface area contributed by atoms with Gasteiger partial charge in [-0.15, -0.1) is 0 Å². The molecule has 1 aliphatic rings. The summed E-state index contributed by atoms with van der Waals surface area (Å²) in [6.45, 7) is 2.59. The number of hydrogen-bond acceptors (Lipinski definition) is 3. The first-order valence-electron chi connectivity index (χ1n) is 7.26. The van der Waals surface area contributed by atoms with Crippen LogP contribution >= 0.6 is 0 Å². The van der Waals surface area contributed by atoms with Crippen LogP contribution in [-0.4, -0.2) is 39.7 Å². The maximum absolute atomic E-state index is 12.8. The summed E-state index contributed by atoms with van der Waals surface area (Å²) in [4.78, 5) is 21.8. The highest BCUT2D eigenvalue weighted by Crippen LogP contribution is 2.24. The van der Waals surface area contributed by atoms with Crippen molar-refractivity contribution in [2.45, 2.75) is 32.0 Å². The highest BCUT2D eigenvalue weighted by Gasteiger charge is 2.37. The average Bonchev–Trinajstić information content (AvgIpc) is 3.17. The first-order valence-corrected chi connectivity index (χ1v) is 7.26. The molecule has 2 aromatic rings. The molecule has 1 fully saturated rings. The quantitative estimate of drug-likeness (QED) is 0.937. The predicted octanol–water partition coefficient (Wildman–Crippen LogP) is 2.23. The van der Waals surface area contributed by atoms with Crippen LogP contribution in [0.15, 0.2) is 42.9 Å². The molecule has 5 nitrogen and oxygen atoms in total. The summed E-state index contributed by atoms with van der Waals surface area (Å²) in [6, 6.07) is 9.40. The van der Waals surface area contributed by atoms with Gasteiger partial charge in [0.15, 0.2) is 0 Å². The molecule has 1 aromatic carbocycles. The average molecular weight is 285 g/mol. The molecular formula is C16H19N3O2. The predicted molar refractivity (Wildman–Crippen MR) is 78.7 cm³/mol. The Morgan fingerprint density at radius 2 is 2.24 bits per heavy atom. The van der Waals surface area contributed by atoms with E-state index in [1.165, 1.54) is 0 Å². The molecule has 0 aliphatic carbocycles. The minimum absolute atomic E-state index is 0.0282. The Morgan fingerprint density at radius 1 is 1.43 bits per heavy atom. The number of H-pyrrole nitrogens is 1. The van der Waals surface area contributed by atoms with Gasteiger partial charge in [-0.1, -0.05) is 25.1 Å². The molecular weight excluding hydrogens is 266 g/mol. The van der Waals surface area contributed by atoms with Gasteiger partial charge >= 0.3 is 0 Å². The van der Waals surface area contributed by atoms with Crippen molar-refractivity contribution in [2.75, 3.05) is 6.61 Å². The molecule has 1 amide bonds. The third-order valence-corrected chi connectivity index (χ3v) is 3.79. The van der Waals surface area contributed by atoms with E-state index < -0.39 is 0 Å². The first-order chi connectivity index (χ1) is 10.3. The summed E-state index contributed by atoms with van der Waals surface area (Å²) in [7, 11) is 0. The highest BCUT2D eigenvalue weighted by atomic mass is 16.5. The Bertz CT molecular complexity index is 583. The number of aromatic nitrogens is 2. The number of imidazole rings is 1. The van der Waals surface area contributed by atoms with Gasteiger partial charge in [-0.25, -0.2) is 4.98 Å². The molecule has 1 N–H and O–H groups in total. The Morgan fingerprint density at radius 3 is 2.90 bits per heavy atom. The second-order valence-electron chi connectivity index (χ2n) is 5.19. The number of ether oxygens (including phenoxy) is 1. The minimum atomic E-state index is -0.151. The Balaban J connectivity index is 1.82. The Labute approximate surface area is 124 Å². The van der Waals surface area contributed by atoms with E-state index >= 15 is 0 Å². The lowest BCUT2D eigenvalue weighted by atomic mass is 10.1. The molecule has 110 valence electrons. The molecule has 0 radical (unpaired) electrons. The summed E-state index contributed by atoms with van der Waals surface area (Å²) in [5.74, 6) is 0.0282. The van der Waals surface area contributed by atoms with Crippen molar-refractivity contribution in [3.63, 3.8) is 0 Å². The molecule has 5 heteroatoms. The van der Waals surface area contributed by atoms with Crippen molar-refractivity contribution in [3.8, 4) is 0 Å². The van der Waals surface area contributed by atoms with Crippen LogP contribution in [0.25, 0.3) is 0 Å². The van der Waals surface area contributed by atoms with Crippen LogP contribution in [0.4, 0.5) is 0 Å². The normalized spacial score (nSPS) is 21.7. The van der Waals surface area contributed by atoms with Crippen molar-refractivity contribution in [3.05, 3.63) is 54.1 Å². The number of hydrogen-bond donors (Lipinski definition) is 1. The zero-order chi connectivity index (χ0) is 14.7. The summed E-state index contributed by atoms with van der Waals surface area (Å²) in [5.41, 5.74) is 1.65. The molecule has 0 saturated carbocycles. The van der Waals surface area contributed by atoms with Gasteiger partial charge in [-0.3, -0.25) is 4.79 Å². The lowest BCUT2D eigenvalue weighted by Gasteiger charge is -2.27. The lowest BCUT2D eigenvalue weighted by Crippen LogP contribution is -2.42. The molecule has 1 aliphatic heterocycles. The van der Waals surface area contributed by atoms with E-state index in [9.17, 15) is 4.79 Å². The zero-order valence-corrected chi connectivity index (χ0v) is 12.0. The van der Waals surface area contributed by atoms with Gasteiger partial charge in [0.25, 0.3) is 5.91 Å². The summed E-state index contributed by atoms with van der Waals surface area (Å²) >= 11 is 0. The minimum Gasteiger partial charge on any atom is -0.356 e. The van der Waals surface area contributed by atoms with Crippen molar-refractivity contribution in [2.24, 2.45) is 0 Å². The fraction of sp³-hybridized carbons (Fsp3) is 0.375. The molecule has 0 bridgehead atoms. The third kappa shape index (κ3) is 2.83. The van der Waals surface area contributed by atoms with E-state index in [0.717, 1.165) is 12.1 Å². The number of rotatable bonds is 4. The fourth-order valence-corrected chi connectivity index (χ4v) is 2.76. The number of carbonyl (C=O) groups is 1. The monoisotopic (exact) mass is 285 g/mol. The molecule has 1 saturated heterocycles. The molecule has 0 unspecified atom stereocenters. The number of nitrogens with one attached hydrogen (secondary N) is 1. The highest BCUT2D eigenvalue weighted by molar-refractivity contribution is 5.94. The Kier molecular flexibility index (Phi) is 4.01. The fourth-order valence-electron chi connectivity index (χ4n) is 2.76. The topological polar surface area (TPSA) is 58.2 Å². The lowest BCUT2D eigenvalue weighted by molar-refractivity contribution is 0.0238. The summed E-state index contributed by atoms with van der Waals surface area (Å²) in [6.07, 6.45) is 4.87. The molecule has 0 spiro atoms. The van der Waals surface area contributed by atoms with Gasteiger partial charge in [0, 0.05) is 18.2 Å². The van der Waals surface area contributed by atoms with Gasteiger partial charge in [0.1, 0.15) is 6.23 Å². The first kappa shape index (κ1) is 13.8. The van der Waals surface area contributed by atoms with Crippen LogP contribution in [0.5, 0.6) is 0 Å². The third-order valence-electron chi connectivity index (χ3n) is 3.79. The molecule has 2 heterocycles. The van der Waals surface area contributed by atoms with Crippen LogP contribution in [0.2, 0.25) is 0 Å². The van der Waals surface area contributed by atoms with Crippen LogP contribution in [0.1, 0.15) is 29.4 Å². The van der Waals surface area contributed by atoms with E-state index in [2.05, 4.69) is 9.97 Å². The second kappa shape index (κ2) is 6.10. The zero-order valence-electron chi connectivity index (χ0n) is 12.0. The van der Waals surface area contributed by atoms with Crippen molar-refractivity contribution < 1.29 is 9.53 Å². The standard InChI is InChI=1S/C16H19N3O2/c1-2-15-19(16(20)12-6-4-3-5-7-12)14(10-21-15)8-13-9-17-11-18-13/h3-7,9,11,14-15H,2,8,10H2,1H3,(H,17,18)/t14-,15-/m0/s1. The number of aromatic amines is 1.